The van der Waals surface area contributed by atoms with Gasteiger partial charge in [0, 0.05) is 6.42 Å². The van der Waals surface area contributed by atoms with Gasteiger partial charge in [-0.05, 0) is 6.42 Å². The van der Waals surface area contributed by atoms with E-state index >= 15 is 0 Å². The first-order valence-corrected chi connectivity index (χ1v) is 3.63. The minimum Gasteiger partial charge on any atom is -0.277 e. The number of carbonyl (C=O) groups is 1. The molecule has 0 aliphatic heterocycles. The molecule has 1 N–H and O–H groups in total. The third-order valence-corrected chi connectivity index (χ3v) is 1.22. The number of amides is 1. The zero-order valence-corrected chi connectivity index (χ0v) is 6.64. The van der Waals surface area contributed by atoms with Crippen LogP contribution in [-0.2, 0) is 9.63 Å². The van der Waals surface area contributed by atoms with Gasteiger partial charge in [-0.3, -0.25) is 9.63 Å². The molecule has 1 amide bonds. The summed E-state index contributed by atoms with van der Waals surface area (Å²) in [5.74, 6) is -0.0315. The molecule has 0 fully saturated rings. The summed E-state index contributed by atoms with van der Waals surface area (Å²) in [4.78, 5) is 15.1. The minimum absolute atomic E-state index is 0.0315. The largest absolute Gasteiger partial charge is 0.277 e. The quantitative estimate of drug-likeness (QED) is 0.467. The highest BCUT2D eigenvalue weighted by Gasteiger charge is 1.97. The molecule has 3 heteroatoms. The average molecular weight is 145 g/mol. The third-order valence-electron chi connectivity index (χ3n) is 1.22. The Morgan fingerprint density at radius 1 is 1.50 bits per heavy atom. The summed E-state index contributed by atoms with van der Waals surface area (Å²) >= 11 is 0. The van der Waals surface area contributed by atoms with Crippen LogP contribution in [-0.4, -0.2) is 13.0 Å². The van der Waals surface area contributed by atoms with Gasteiger partial charge in [-0.1, -0.05) is 19.8 Å². The lowest BCUT2D eigenvalue weighted by molar-refractivity contribution is -0.131. The second kappa shape index (κ2) is 6.55. The van der Waals surface area contributed by atoms with Crippen LogP contribution in [0.3, 0.4) is 0 Å². The molecule has 0 aromatic carbocycles. The Labute approximate surface area is 61.7 Å². The van der Waals surface area contributed by atoms with Crippen LogP contribution in [0, 0.1) is 0 Å². The summed E-state index contributed by atoms with van der Waals surface area (Å²) in [6, 6.07) is 0. The molecule has 3 nitrogen and oxygen atoms in total. The fourth-order valence-electron chi connectivity index (χ4n) is 0.700. The van der Waals surface area contributed by atoms with Gasteiger partial charge in [-0.25, -0.2) is 5.48 Å². The van der Waals surface area contributed by atoms with Crippen molar-refractivity contribution < 1.29 is 9.63 Å². The van der Waals surface area contributed by atoms with Crippen LogP contribution in [0.5, 0.6) is 0 Å². The molecule has 0 aromatic heterocycles. The topological polar surface area (TPSA) is 38.3 Å². The van der Waals surface area contributed by atoms with Gasteiger partial charge in [-0.15, -0.1) is 0 Å². The van der Waals surface area contributed by atoms with Crippen molar-refractivity contribution >= 4 is 5.91 Å². The normalized spacial score (nSPS) is 9.40. The lowest BCUT2D eigenvalue weighted by atomic mass is 10.2. The molecule has 0 aliphatic rings. The zero-order chi connectivity index (χ0) is 7.82. The van der Waals surface area contributed by atoms with Crippen LogP contribution in [0.1, 0.15) is 32.6 Å². The lowest BCUT2D eigenvalue weighted by Crippen LogP contribution is -2.21. The number of hydrogen-bond donors (Lipinski definition) is 1. The van der Waals surface area contributed by atoms with Gasteiger partial charge in [0.15, 0.2) is 0 Å². The summed E-state index contributed by atoms with van der Waals surface area (Å²) in [6.07, 6.45) is 3.77. The molecule has 0 aromatic rings. The van der Waals surface area contributed by atoms with E-state index in [1.54, 1.807) is 0 Å². The van der Waals surface area contributed by atoms with Crippen LogP contribution < -0.4 is 5.48 Å². The third kappa shape index (κ3) is 5.56. The van der Waals surface area contributed by atoms with E-state index in [4.69, 9.17) is 0 Å². The zero-order valence-electron chi connectivity index (χ0n) is 6.64. The monoisotopic (exact) mass is 145 g/mol. The van der Waals surface area contributed by atoms with Crippen LogP contribution >= 0.6 is 0 Å². The van der Waals surface area contributed by atoms with Gasteiger partial charge in [0.25, 0.3) is 0 Å². The first-order valence-electron chi connectivity index (χ1n) is 3.63. The number of unbranched alkanes of at least 4 members (excludes halogenated alkanes) is 2. The lowest BCUT2D eigenvalue weighted by Gasteiger charge is -1.99. The minimum atomic E-state index is -0.0315. The first kappa shape index (κ1) is 9.43. The standard InChI is InChI=1S/C7H15NO2/c1-3-4-5-6-7(9)8-10-2/h3-6H2,1-2H3,(H,8,9). The number of hydrogen-bond acceptors (Lipinski definition) is 2. The van der Waals surface area contributed by atoms with Crippen LogP contribution in [0.2, 0.25) is 0 Å². The molecule has 0 saturated carbocycles. The summed E-state index contributed by atoms with van der Waals surface area (Å²) < 4.78 is 0. The summed E-state index contributed by atoms with van der Waals surface area (Å²) in [5.41, 5.74) is 2.27. The molecule has 0 unspecified atom stereocenters. The Hall–Kier alpha value is -0.570. The second-order valence-corrected chi connectivity index (χ2v) is 2.19. The fourth-order valence-corrected chi connectivity index (χ4v) is 0.700. The van der Waals surface area contributed by atoms with Gasteiger partial charge in [-0.2, -0.15) is 0 Å². The number of nitrogens with one attached hydrogen (secondary N) is 1. The van der Waals surface area contributed by atoms with Crippen molar-refractivity contribution in [2.24, 2.45) is 0 Å². The molecule has 0 atom stereocenters. The second-order valence-electron chi connectivity index (χ2n) is 2.19. The van der Waals surface area contributed by atoms with E-state index < -0.39 is 0 Å². The van der Waals surface area contributed by atoms with Crippen molar-refractivity contribution in [3.8, 4) is 0 Å². The van der Waals surface area contributed by atoms with E-state index in [-0.39, 0.29) is 5.91 Å². The van der Waals surface area contributed by atoms with E-state index in [0.29, 0.717) is 6.42 Å². The van der Waals surface area contributed by atoms with Crippen LogP contribution in [0.15, 0.2) is 0 Å². The average Bonchev–Trinajstić information content (AvgIpc) is 1.89. The predicted molar refractivity (Wildman–Crippen MR) is 39.3 cm³/mol. The van der Waals surface area contributed by atoms with Crippen molar-refractivity contribution in [2.75, 3.05) is 7.11 Å². The van der Waals surface area contributed by atoms with Crippen molar-refractivity contribution in [1.29, 1.82) is 0 Å². The molecule has 0 radical (unpaired) electrons. The maximum absolute atomic E-state index is 10.7. The van der Waals surface area contributed by atoms with Crippen molar-refractivity contribution in [1.82, 2.24) is 5.48 Å². The van der Waals surface area contributed by atoms with E-state index in [1.807, 2.05) is 0 Å². The predicted octanol–water partition coefficient (Wildman–Crippen LogP) is 1.24. The van der Waals surface area contributed by atoms with Gasteiger partial charge in [0.1, 0.15) is 0 Å². The Morgan fingerprint density at radius 3 is 2.70 bits per heavy atom. The Kier molecular flexibility index (Phi) is 6.18. The number of hydroxylamine groups is 1. The maximum atomic E-state index is 10.7. The van der Waals surface area contributed by atoms with Crippen LogP contribution in [0.25, 0.3) is 0 Å². The number of carbonyl (C=O) groups excluding carboxylic acids is 1. The van der Waals surface area contributed by atoms with E-state index in [9.17, 15) is 4.79 Å². The van der Waals surface area contributed by atoms with Gasteiger partial charge < -0.3 is 0 Å². The molecule has 0 rings (SSSR count). The summed E-state index contributed by atoms with van der Waals surface area (Å²) in [6.45, 7) is 2.11. The highest BCUT2D eigenvalue weighted by atomic mass is 16.6. The van der Waals surface area contributed by atoms with Gasteiger partial charge in [0.05, 0.1) is 7.11 Å². The fraction of sp³-hybridized carbons (Fsp3) is 0.857. The van der Waals surface area contributed by atoms with E-state index in [1.165, 1.54) is 7.11 Å². The molecular weight excluding hydrogens is 130 g/mol. The van der Waals surface area contributed by atoms with E-state index in [0.717, 1.165) is 19.3 Å². The molecule has 0 bridgehead atoms. The Balaban J connectivity index is 3.05. The van der Waals surface area contributed by atoms with Gasteiger partial charge in [0.2, 0.25) is 5.91 Å². The maximum Gasteiger partial charge on any atom is 0.243 e. The van der Waals surface area contributed by atoms with E-state index in [2.05, 4.69) is 17.2 Å². The highest BCUT2D eigenvalue weighted by Crippen LogP contribution is 1.97. The summed E-state index contributed by atoms with van der Waals surface area (Å²) in [7, 11) is 1.44. The molecule has 0 saturated heterocycles. The molecule has 10 heavy (non-hydrogen) atoms. The molecule has 0 heterocycles. The summed E-state index contributed by atoms with van der Waals surface area (Å²) in [5, 5.41) is 0. The van der Waals surface area contributed by atoms with Crippen LogP contribution in [0.4, 0.5) is 0 Å². The Morgan fingerprint density at radius 2 is 2.20 bits per heavy atom. The van der Waals surface area contributed by atoms with Crippen molar-refractivity contribution in [3.63, 3.8) is 0 Å². The van der Waals surface area contributed by atoms with Crippen molar-refractivity contribution in [2.45, 2.75) is 32.6 Å². The van der Waals surface area contributed by atoms with Gasteiger partial charge >= 0.3 is 0 Å². The smallest absolute Gasteiger partial charge is 0.243 e. The molecular formula is C7H15NO2. The SMILES string of the molecule is CCCCCC(=O)NOC. The molecule has 60 valence electrons. The Bertz CT molecular complexity index is 93.6. The number of rotatable bonds is 5. The van der Waals surface area contributed by atoms with Crippen molar-refractivity contribution in [3.05, 3.63) is 0 Å². The molecule has 0 aliphatic carbocycles. The molecule has 0 spiro atoms. The highest BCUT2D eigenvalue weighted by molar-refractivity contribution is 5.74. The first-order chi connectivity index (χ1) is 4.81.